The predicted molar refractivity (Wildman–Crippen MR) is 95.8 cm³/mol. The molecule has 126 valence electrons. The SMILES string of the molecule is CC(=O)NC(CC(=O)N(C)C1CCc2ccccc21)c1cccs1. The van der Waals surface area contributed by atoms with E-state index in [0.29, 0.717) is 0 Å². The Morgan fingerprint density at radius 1 is 1.29 bits per heavy atom. The minimum Gasteiger partial charge on any atom is -0.348 e. The molecule has 2 atom stereocenters. The van der Waals surface area contributed by atoms with Crippen LogP contribution in [-0.2, 0) is 16.0 Å². The molecule has 0 saturated heterocycles. The van der Waals surface area contributed by atoms with Gasteiger partial charge < -0.3 is 10.2 Å². The van der Waals surface area contributed by atoms with Crippen molar-refractivity contribution in [1.29, 1.82) is 0 Å². The van der Waals surface area contributed by atoms with Crippen LogP contribution < -0.4 is 5.32 Å². The van der Waals surface area contributed by atoms with Gasteiger partial charge in [0.15, 0.2) is 0 Å². The number of hydrogen-bond acceptors (Lipinski definition) is 3. The summed E-state index contributed by atoms with van der Waals surface area (Å²) in [6.07, 6.45) is 2.26. The zero-order valence-corrected chi connectivity index (χ0v) is 14.8. The fourth-order valence-electron chi connectivity index (χ4n) is 3.39. The summed E-state index contributed by atoms with van der Waals surface area (Å²) in [4.78, 5) is 27.1. The Morgan fingerprint density at radius 2 is 2.08 bits per heavy atom. The topological polar surface area (TPSA) is 49.4 Å². The summed E-state index contributed by atoms with van der Waals surface area (Å²) in [5, 5.41) is 4.87. The zero-order valence-electron chi connectivity index (χ0n) is 14.0. The first kappa shape index (κ1) is 16.7. The molecular formula is C19H22N2O2S. The molecule has 4 nitrogen and oxygen atoms in total. The summed E-state index contributed by atoms with van der Waals surface area (Å²) in [6, 6.07) is 12.1. The molecule has 1 heterocycles. The molecule has 1 aliphatic rings. The molecule has 1 aromatic heterocycles. The Kier molecular flexibility index (Phi) is 5.00. The van der Waals surface area contributed by atoms with Crippen molar-refractivity contribution in [3.05, 3.63) is 57.8 Å². The van der Waals surface area contributed by atoms with Crippen LogP contribution in [0.25, 0.3) is 0 Å². The van der Waals surface area contributed by atoms with Crippen molar-refractivity contribution in [2.45, 2.75) is 38.3 Å². The van der Waals surface area contributed by atoms with Crippen molar-refractivity contribution >= 4 is 23.2 Å². The highest BCUT2D eigenvalue weighted by molar-refractivity contribution is 7.10. The minimum atomic E-state index is -0.255. The van der Waals surface area contributed by atoms with Gasteiger partial charge in [-0.1, -0.05) is 30.3 Å². The molecule has 1 N–H and O–H groups in total. The van der Waals surface area contributed by atoms with Crippen LogP contribution in [0.1, 0.15) is 47.9 Å². The van der Waals surface area contributed by atoms with E-state index in [2.05, 4.69) is 17.4 Å². The van der Waals surface area contributed by atoms with Crippen molar-refractivity contribution in [3.63, 3.8) is 0 Å². The van der Waals surface area contributed by atoms with E-state index in [1.807, 2.05) is 41.6 Å². The molecule has 0 fully saturated rings. The van der Waals surface area contributed by atoms with Gasteiger partial charge in [-0.25, -0.2) is 0 Å². The number of carbonyl (C=O) groups is 2. The number of benzene rings is 1. The monoisotopic (exact) mass is 342 g/mol. The molecule has 1 aromatic carbocycles. The molecule has 0 radical (unpaired) electrons. The van der Waals surface area contributed by atoms with E-state index in [1.54, 1.807) is 11.3 Å². The second kappa shape index (κ2) is 7.18. The van der Waals surface area contributed by atoms with Crippen LogP contribution in [0, 0.1) is 0 Å². The number of fused-ring (bicyclic) bond motifs is 1. The highest BCUT2D eigenvalue weighted by Crippen LogP contribution is 2.35. The molecule has 2 aromatic rings. The molecule has 0 bridgehead atoms. The average Bonchev–Trinajstić information content (AvgIpc) is 3.22. The van der Waals surface area contributed by atoms with E-state index in [1.165, 1.54) is 18.1 Å². The van der Waals surface area contributed by atoms with Gasteiger partial charge in [0.2, 0.25) is 11.8 Å². The van der Waals surface area contributed by atoms with Crippen LogP contribution in [0.15, 0.2) is 41.8 Å². The van der Waals surface area contributed by atoms with Gasteiger partial charge in [0, 0.05) is 18.8 Å². The maximum Gasteiger partial charge on any atom is 0.225 e. The van der Waals surface area contributed by atoms with Crippen LogP contribution in [0.4, 0.5) is 0 Å². The Balaban J connectivity index is 1.72. The van der Waals surface area contributed by atoms with Gasteiger partial charge in [0.05, 0.1) is 18.5 Å². The zero-order chi connectivity index (χ0) is 17.1. The van der Waals surface area contributed by atoms with Crippen LogP contribution >= 0.6 is 11.3 Å². The fraction of sp³-hybridized carbons (Fsp3) is 0.368. The number of nitrogens with one attached hydrogen (secondary N) is 1. The summed E-state index contributed by atoms with van der Waals surface area (Å²) in [7, 11) is 1.87. The van der Waals surface area contributed by atoms with Gasteiger partial charge >= 0.3 is 0 Å². The molecule has 2 unspecified atom stereocenters. The molecule has 3 rings (SSSR count). The summed E-state index contributed by atoms with van der Waals surface area (Å²) in [5.74, 6) is -0.0566. The Labute approximate surface area is 146 Å². The third kappa shape index (κ3) is 3.51. The van der Waals surface area contributed by atoms with Gasteiger partial charge in [-0.2, -0.15) is 0 Å². The first-order valence-electron chi connectivity index (χ1n) is 8.20. The second-order valence-electron chi connectivity index (χ2n) is 6.23. The van der Waals surface area contributed by atoms with Crippen molar-refractivity contribution in [2.75, 3.05) is 7.05 Å². The number of nitrogens with zero attached hydrogens (tertiary/aromatic N) is 1. The lowest BCUT2D eigenvalue weighted by atomic mass is 10.1. The minimum absolute atomic E-state index is 0.0591. The fourth-order valence-corrected chi connectivity index (χ4v) is 4.16. The number of rotatable bonds is 5. The lowest BCUT2D eigenvalue weighted by Crippen LogP contribution is -2.35. The van der Waals surface area contributed by atoms with E-state index in [-0.39, 0.29) is 30.3 Å². The molecule has 24 heavy (non-hydrogen) atoms. The number of thiophene rings is 1. The Hall–Kier alpha value is -2.14. The maximum absolute atomic E-state index is 12.8. The number of carbonyl (C=O) groups excluding carboxylic acids is 2. The van der Waals surface area contributed by atoms with Gasteiger partial charge in [-0.15, -0.1) is 11.3 Å². The first-order chi connectivity index (χ1) is 11.6. The second-order valence-corrected chi connectivity index (χ2v) is 7.21. The standard InChI is InChI=1S/C19H22N2O2S/c1-13(22)20-16(18-8-5-11-24-18)12-19(23)21(2)17-10-9-14-6-3-4-7-15(14)17/h3-8,11,16-17H,9-10,12H2,1-2H3,(H,20,22). The average molecular weight is 342 g/mol. The Morgan fingerprint density at radius 3 is 2.79 bits per heavy atom. The lowest BCUT2D eigenvalue weighted by molar-refractivity contribution is -0.132. The van der Waals surface area contributed by atoms with Crippen LogP contribution in [-0.4, -0.2) is 23.8 Å². The van der Waals surface area contributed by atoms with E-state index < -0.39 is 0 Å². The molecule has 1 aliphatic carbocycles. The summed E-state index contributed by atoms with van der Waals surface area (Å²) in [5.41, 5.74) is 2.58. The summed E-state index contributed by atoms with van der Waals surface area (Å²) >= 11 is 1.56. The molecule has 5 heteroatoms. The van der Waals surface area contributed by atoms with Gasteiger partial charge in [-0.3, -0.25) is 9.59 Å². The third-order valence-electron chi connectivity index (χ3n) is 4.60. The maximum atomic E-state index is 12.8. The van der Waals surface area contributed by atoms with Crippen molar-refractivity contribution in [1.82, 2.24) is 10.2 Å². The molecular weight excluding hydrogens is 320 g/mol. The number of hydrogen-bond donors (Lipinski definition) is 1. The Bertz CT molecular complexity index is 727. The molecule has 0 saturated carbocycles. The van der Waals surface area contributed by atoms with Crippen LogP contribution in [0.5, 0.6) is 0 Å². The molecule has 2 amide bonds. The largest absolute Gasteiger partial charge is 0.348 e. The molecule has 0 spiro atoms. The van der Waals surface area contributed by atoms with Crippen molar-refractivity contribution in [2.24, 2.45) is 0 Å². The van der Waals surface area contributed by atoms with E-state index >= 15 is 0 Å². The number of amides is 2. The van der Waals surface area contributed by atoms with Gasteiger partial charge in [0.1, 0.15) is 0 Å². The van der Waals surface area contributed by atoms with Gasteiger partial charge in [-0.05, 0) is 35.4 Å². The quantitative estimate of drug-likeness (QED) is 0.904. The highest BCUT2D eigenvalue weighted by atomic mass is 32.1. The van der Waals surface area contributed by atoms with Crippen molar-refractivity contribution < 1.29 is 9.59 Å². The highest BCUT2D eigenvalue weighted by Gasteiger charge is 2.29. The van der Waals surface area contributed by atoms with E-state index in [9.17, 15) is 9.59 Å². The van der Waals surface area contributed by atoms with Crippen LogP contribution in [0.3, 0.4) is 0 Å². The van der Waals surface area contributed by atoms with Crippen molar-refractivity contribution in [3.8, 4) is 0 Å². The van der Waals surface area contributed by atoms with Gasteiger partial charge in [0.25, 0.3) is 0 Å². The lowest BCUT2D eigenvalue weighted by Gasteiger charge is -2.27. The predicted octanol–water partition coefficient (Wildman–Crippen LogP) is 3.46. The van der Waals surface area contributed by atoms with E-state index in [4.69, 9.17) is 0 Å². The number of aryl methyl sites for hydroxylation is 1. The molecule has 0 aliphatic heterocycles. The normalized spacial score (nSPS) is 17.2. The van der Waals surface area contributed by atoms with E-state index in [0.717, 1.165) is 17.7 Å². The summed E-state index contributed by atoms with van der Waals surface area (Å²) in [6.45, 7) is 1.49. The summed E-state index contributed by atoms with van der Waals surface area (Å²) < 4.78 is 0. The third-order valence-corrected chi connectivity index (χ3v) is 5.59. The van der Waals surface area contributed by atoms with Crippen LogP contribution in [0.2, 0.25) is 0 Å². The smallest absolute Gasteiger partial charge is 0.225 e. The first-order valence-corrected chi connectivity index (χ1v) is 9.08.